The minimum atomic E-state index is -2.45. The van der Waals surface area contributed by atoms with Crippen LogP contribution in [-0.4, -0.2) is 59.8 Å². The van der Waals surface area contributed by atoms with E-state index in [1.54, 1.807) is 37.3 Å². The maximum absolute atomic E-state index is 12.8. The molecule has 0 radical (unpaired) electrons. The summed E-state index contributed by atoms with van der Waals surface area (Å²) < 4.78 is 25.1. The Labute approximate surface area is 191 Å². The highest BCUT2D eigenvalue weighted by atomic mass is 19.3. The fourth-order valence-electron chi connectivity index (χ4n) is 3.97. The van der Waals surface area contributed by atoms with E-state index in [9.17, 15) is 33.1 Å². The summed E-state index contributed by atoms with van der Waals surface area (Å²) in [6.07, 6.45) is -1.35. The van der Waals surface area contributed by atoms with Crippen molar-refractivity contribution in [3.8, 4) is 0 Å². The molecule has 33 heavy (non-hydrogen) atoms. The van der Waals surface area contributed by atoms with E-state index in [2.05, 4.69) is 16.0 Å². The molecule has 1 heterocycles. The smallest absolute Gasteiger partial charge is 0.326 e. The van der Waals surface area contributed by atoms with Crippen LogP contribution in [-0.2, 0) is 25.6 Å². The summed E-state index contributed by atoms with van der Waals surface area (Å²) in [6.45, 7) is 2.28. The number of ketones is 1. The second-order valence-corrected chi connectivity index (χ2v) is 8.22. The molecule has 1 aliphatic rings. The Bertz CT molecular complexity index is 822. The number of rotatable bonds is 13. The van der Waals surface area contributed by atoms with Crippen molar-refractivity contribution in [1.82, 2.24) is 16.0 Å². The molecule has 1 fully saturated rings. The number of alkyl halides is 2. The van der Waals surface area contributed by atoms with E-state index in [1.165, 1.54) is 0 Å². The van der Waals surface area contributed by atoms with Gasteiger partial charge in [-0.1, -0.05) is 43.7 Å². The molecular formula is C23H31F2N3O5. The number of carboxylic acids is 1. The molecule has 0 saturated carbocycles. The topological polar surface area (TPSA) is 125 Å². The second-order valence-electron chi connectivity index (χ2n) is 8.22. The predicted octanol–water partition coefficient (Wildman–Crippen LogP) is 1.68. The third-order valence-electron chi connectivity index (χ3n) is 5.71. The molecular weight excluding hydrogens is 436 g/mol. The Morgan fingerprint density at radius 1 is 1.09 bits per heavy atom. The van der Waals surface area contributed by atoms with Gasteiger partial charge in [-0.25, -0.2) is 13.6 Å². The Hall–Kier alpha value is -2.88. The highest BCUT2D eigenvalue weighted by molar-refractivity contribution is 6.38. The van der Waals surface area contributed by atoms with Crippen LogP contribution in [0.1, 0.15) is 44.6 Å². The molecule has 1 saturated heterocycles. The fraction of sp³-hybridized carbons (Fsp3) is 0.565. The summed E-state index contributed by atoms with van der Waals surface area (Å²) in [4.78, 5) is 49.6. The molecule has 3 unspecified atom stereocenters. The van der Waals surface area contributed by atoms with E-state index in [1.807, 2.05) is 0 Å². The molecule has 8 nitrogen and oxygen atoms in total. The molecule has 10 heteroatoms. The standard InChI is InChI=1S/C23H31F2N3O5/c1-2-6-16(27-21(30)19-15(11-12-26-19)9-10-18(24)25)20(29)22(31)28-17(23(32)33)13-14-7-4-3-5-8-14/h3-5,7-8,15-19,26H,2,6,9-13H2,1H3,(H,27,30)(H,28,31)(H,32,33)/t15-,16?,17?,19?/m0/s1. The van der Waals surface area contributed by atoms with Gasteiger partial charge in [0.25, 0.3) is 5.91 Å². The average Bonchev–Trinajstić information content (AvgIpc) is 3.25. The lowest BCUT2D eigenvalue weighted by Crippen LogP contribution is -2.54. The van der Waals surface area contributed by atoms with Crippen LogP contribution in [0.25, 0.3) is 0 Å². The molecule has 1 aromatic carbocycles. The van der Waals surface area contributed by atoms with Gasteiger partial charge >= 0.3 is 5.97 Å². The normalized spacial score (nSPS) is 19.6. The molecule has 1 aliphatic heterocycles. The van der Waals surface area contributed by atoms with E-state index in [4.69, 9.17) is 0 Å². The number of hydrogen-bond donors (Lipinski definition) is 4. The van der Waals surface area contributed by atoms with Crippen molar-refractivity contribution < 1.29 is 33.1 Å². The molecule has 2 amide bonds. The first-order valence-electron chi connectivity index (χ1n) is 11.2. The number of halogens is 2. The Morgan fingerprint density at radius 3 is 2.39 bits per heavy atom. The lowest BCUT2D eigenvalue weighted by molar-refractivity contribution is -0.145. The molecule has 1 aromatic rings. The first-order valence-corrected chi connectivity index (χ1v) is 11.2. The Morgan fingerprint density at radius 2 is 1.79 bits per heavy atom. The molecule has 0 aromatic heterocycles. The van der Waals surface area contributed by atoms with Crippen molar-refractivity contribution in [3.63, 3.8) is 0 Å². The molecule has 0 spiro atoms. The van der Waals surface area contributed by atoms with Crippen molar-refractivity contribution >= 4 is 23.6 Å². The number of aliphatic carboxylic acids is 1. The molecule has 0 bridgehead atoms. The van der Waals surface area contributed by atoms with Gasteiger partial charge < -0.3 is 21.1 Å². The predicted molar refractivity (Wildman–Crippen MR) is 117 cm³/mol. The van der Waals surface area contributed by atoms with E-state index in [0.717, 1.165) is 0 Å². The molecule has 2 rings (SSSR count). The van der Waals surface area contributed by atoms with E-state index < -0.39 is 48.1 Å². The van der Waals surface area contributed by atoms with Crippen molar-refractivity contribution in [2.75, 3.05) is 6.54 Å². The van der Waals surface area contributed by atoms with E-state index >= 15 is 0 Å². The van der Waals surface area contributed by atoms with Crippen LogP contribution < -0.4 is 16.0 Å². The highest BCUT2D eigenvalue weighted by Crippen LogP contribution is 2.23. The van der Waals surface area contributed by atoms with Crippen molar-refractivity contribution in [3.05, 3.63) is 35.9 Å². The number of carbonyl (C=O) groups is 4. The van der Waals surface area contributed by atoms with Gasteiger partial charge in [0.15, 0.2) is 0 Å². The Kier molecular flexibility index (Phi) is 10.4. The zero-order valence-electron chi connectivity index (χ0n) is 18.6. The van der Waals surface area contributed by atoms with Gasteiger partial charge in [0.2, 0.25) is 18.1 Å². The van der Waals surface area contributed by atoms with Crippen LogP contribution in [0.3, 0.4) is 0 Å². The lowest BCUT2D eigenvalue weighted by Gasteiger charge is -2.23. The summed E-state index contributed by atoms with van der Waals surface area (Å²) in [5, 5.41) is 17.2. The second kappa shape index (κ2) is 13.0. The van der Waals surface area contributed by atoms with Crippen molar-refractivity contribution in [2.24, 2.45) is 5.92 Å². The summed E-state index contributed by atoms with van der Waals surface area (Å²) in [6, 6.07) is 5.51. The van der Waals surface area contributed by atoms with Gasteiger partial charge in [0.1, 0.15) is 6.04 Å². The third-order valence-corrected chi connectivity index (χ3v) is 5.71. The van der Waals surface area contributed by atoms with E-state index in [-0.39, 0.29) is 31.6 Å². The monoisotopic (exact) mass is 467 g/mol. The largest absolute Gasteiger partial charge is 0.480 e. The quantitative estimate of drug-likeness (QED) is 0.327. The van der Waals surface area contributed by atoms with Crippen molar-refractivity contribution in [2.45, 2.75) is 70.0 Å². The number of amides is 2. The zero-order chi connectivity index (χ0) is 24.4. The van der Waals surface area contributed by atoms with Gasteiger partial charge in [-0.2, -0.15) is 0 Å². The fourth-order valence-corrected chi connectivity index (χ4v) is 3.97. The van der Waals surface area contributed by atoms with Gasteiger partial charge in [-0.05, 0) is 37.3 Å². The summed E-state index contributed by atoms with van der Waals surface area (Å²) in [5.74, 6) is -4.12. The van der Waals surface area contributed by atoms with Gasteiger partial charge in [0.05, 0.1) is 12.1 Å². The Balaban J connectivity index is 2.01. The SMILES string of the molecule is CCCC(NC(=O)C1NCC[C@@H]1CCC(F)F)C(=O)C(=O)NC(Cc1ccccc1)C(=O)O. The number of Topliss-reactive ketones (excluding diaryl/α,β-unsaturated/α-hetero) is 1. The number of carbonyl (C=O) groups excluding carboxylic acids is 3. The summed E-state index contributed by atoms with van der Waals surface area (Å²) in [5.41, 5.74) is 0.679. The highest BCUT2D eigenvalue weighted by Gasteiger charge is 2.36. The molecule has 182 valence electrons. The summed E-state index contributed by atoms with van der Waals surface area (Å²) >= 11 is 0. The van der Waals surface area contributed by atoms with Crippen LogP contribution in [0.15, 0.2) is 30.3 Å². The van der Waals surface area contributed by atoms with Gasteiger partial charge in [0, 0.05) is 12.8 Å². The maximum Gasteiger partial charge on any atom is 0.326 e. The van der Waals surface area contributed by atoms with Crippen LogP contribution in [0.2, 0.25) is 0 Å². The number of carboxylic acid groups (broad SMARTS) is 1. The first kappa shape index (κ1) is 26.4. The third kappa shape index (κ3) is 8.20. The van der Waals surface area contributed by atoms with Crippen LogP contribution in [0, 0.1) is 5.92 Å². The first-order chi connectivity index (χ1) is 15.7. The lowest BCUT2D eigenvalue weighted by atomic mass is 9.94. The van der Waals surface area contributed by atoms with Crippen LogP contribution in [0.4, 0.5) is 8.78 Å². The zero-order valence-corrected chi connectivity index (χ0v) is 18.6. The minimum Gasteiger partial charge on any atom is -0.480 e. The molecule has 4 N–H and O–H groups in total. The van der Waals surface area contributed by atoms with Gasteiger partial charge in [-0.15, -0.1) is 0 Å². The van der Waals surface area contributed by atoms with Crippen molar-refractivity contribution in [1.29, 1.82) is 0 Å². The molecule has 4 atom stereocenters. The van der Waals surface area contributed by atoms with Crippen LogP contribution >= 0.6 is 0 Å². The minimum absolute atomic E-state index is 0.00217. The van der Waals surface area contributed by atoms with Gasteiger partial charge in [-0.3, -0.25) is 14.4 Å². The number of nitrogens with one attached hydrogen (secondary N) is 3. The summed E-state index contributed by atoms with van der Waals surface area (Å²) in [7, 11) is 0. The maximum atomic E-state index is 12.8. The number of hydrogen-bond acceptors (Lipinski definition) is 5. The molecule has 0 aliphatic carbocycles. The van der Waals surface area contributed by atoms with Crippen LogP contribution in [0.5, 0.6) is 0 Å². The number of benzene rings is 1. The van der Waals surface area contributed by atoms with E-state index in [0.29, 0.717) is 24.9 Å². The average molecular weight is 468 g/mol.